The Morgan fingerprint density at radius 1 is 1.44 bits per heavy atom. The van der Waals surface area contributed by atoms with Gasteiger partial charge in [0.05, 0.1) is 11.0 Å². The molecule has 0 saturated carbocycles. The van der Waals surface area contributed by atoms with Gasteiger partial charge >= 0.3 is 0 Å². The molecule has 1 aromatic carbocycles. The molecular weight excluding hydrogens is 246 g/mol. The molecule has 1 saturated heterocycles. The molecule has 0 aromatic heterocycles. The van der Waals surface area contributed by atoms with Gasteiger partial charge in [0.25, 0.3) is 0 Å². The van der Waals surface area contributed by atoms with Gasteiger partial charge in [-0.05, 0) is 32.3 Å². The molecule has 1 N–H and O–H groups in total. The normalized spacial score (nSPS) is 24.0. The van der Waals surface area contributed by atoms with E-state index in [2.05, 4.69) is 37.4 Å². The number of rotatable bonds is 4. The first-order valence-electron chi connectivity index (χ1n) is 6.50. The van der Waals surface area contributed by atoms with Crippen molar-refractivity contribution in [2.24, 2.45) is 0 Å². The van der Waals surface area contributed by atoms with E-state index in [1.165, 1.54) is 11.1 Å². The Morgan fingerprint density at radius 2 is 2.22 bits per heavy atom. The Hall–Kier alpha value is -0.870. The van der Waals surface area contributed by atoms with E-state index < -0.39 is 9.84 Å². The second-order valence-electron chi connectivity index (χ2n) is 5.18. The van der Waals surface area contributed by atoms with Gasteiger partial charge in [-0.15, -0.1) is 0 Å². The molecule has 1 aliphatic heterocycles. The lowest BCUT2D eigenvalue weighted by atomic mass is 10.1. The number of nitrogens with one attached hydrogen (secondary N) is 1. The van der Waals surface area contributed by atoms with Crippen molar-refractivity contribution in [3.63, 3.8) is 0 Å². The average molecular weight is 267 g/mol. The molecule has 4 heteroatoms. The van der Waals surface area contributed by atoms with Crippen molar-refractivity contribution in [3.8, 4) is 0 Å². The smallest absolute Gasteiger partial charge is 0.154 e. The Labute approximate surface area is 110 Å². The minimum Gasteiger partial charge on any atom is -0.309 e. The highest BCUT2D eigenvalue weighted by Gasteiger charge is 2.31. The largest absolute Gasteiger partial charge is 0.309 e. The summed E-state index contributed by atoms with van der Waals surface area (Å²) in [6.07, 6.45) is 1.61. The summed E-state index contributed by atoms with van der Waals surface area (Å²) in [4.78, 5) is 0. The van der Waals surface area contributed by atoms with E-state index in [-0.39, 0.29) is 11.3 Å². The van der Waals surface area contributed by atoms with Gasteiger partial charge in [-0.25, -0.2) is 8.42 Å². The molecule has 1 heterocycles. The zero-order chi connectivity index (χ0) is 13.2. The molecule has 0 amide bonds. The SMILES string of the molecule is Cc1cccc(C(C)NCC2CCCS2(=O)=O)c1. The van der Waals surface area contributed by atoms with E-state index in [9.17, 15) is 8.42 Å². The number of aryl methyl sites for hydroxylation is 1. The van der Waals surface area contributed by atoms with Crippen LogP contribution < -0.4 is 5.32 Å². The maximum absolute atomic E-state index is 11.7. The van der Waals surface area contributed by atoms with Crippen LogP contribution in [0.5, 0.6) is 0 Å². The van der Waals surface area contributed by atoms with Crippen LogP contribution in [0.15, 0.2) is 24.3 Å². The van der Waals surface area contributed by atoms with E-state index in [4.69, 9.17) is 0 Å². The van der Waals surface area contributed by atoms with E-state index >= 15 is 0 Å². The standard InChI is InChI=1S/C14H21NO2S/c1-11-5-3-6-13(9-11)12(2)15-10-14-7-4-8-18(14,16)17/h3,5-6,9,12,14-15H,4,7-8,10H2,1-2H3. The van der Waals surface area contributed by atoms with E-state index in [0.29, 0.717) is 12.3 Å². The first-order valence-corrected chi connectivity index (χ1v) is 8.22. The van der Waals surface area contributed by atoms with Gasteiger partial charge < -0.3 is 5.32 Å². The summed E-state index contributed by atoms with van der Waals surface area (Å²) in [5.41, 5.74) is 2.44. The van der Waals surface area contributed by atoms with Gasteiger partial charge in [0.1, 0.15) is 0 Å². The topological polar surface area (TPSA) is 46.2 Å². The minimum absolute atomic E-state index is 0.190. The summed E-state index contributed by atoms with van der Waals surface area (Å²) in [6, 6.07) is 8.52. The van der Waals surface area contributed by atoms with Crippen molar-refractivity contribution in [1.82, 2.24) is 5.32 Å². The number of sulfone groups is 1. The van der Waals surface area contributed by atoms with Gasteiger partial charge in [-0.2, -0.15) is 0 Å². The quantitative estimate of drug-likeness (QED) is 0.910. The lowest BCUT2D eigenvalue weighted by Crippen LogP contribution is -2.32. The fourth-order valence-corrected chi connectivity index (χ4v) is 4.23. The zero-order valence-electron chi connectivity index (χ0n) is 11.0. The van der Waals surface area contributed by atoms with Gasteiger partial charge in [0, 0.05) is 12.6 Å². The van der Waals surface area contributed by atoms with Crippen molar-refractivity contribution in [3.05, 3.63) is 35.4 Å². The fraction of sp³-hybridized carbons (Fsp3) is 0.571. The third-order valence-electron chi connectivity index (χ3n) is 3.66. The molecule has 100 valence electrons. The fourth-order valence-electron chi connectivity index (χ4n) is 2.45. The summed E-state index contributed by atoms with van der Waals surface area (Å²) < 4.78 is 23.4. The molecule has 1 aliphatic rings. The van der Waals surface area contributed by atoms with Gasteiger partial charge in [-0.1, -0.05) is 29.8 Å². The Balaban J connectivity index is 1.94. The summed E-state index contributed by atoms with van der Waals surface area (Å²) >= 11 is 0. The minimum atomic E-state index is -2.84. The van der Waals surface area contributed by atoms with Gasteiger partial charge in [0.2, 0.25) is 0 Å². The van der Waals surface area contributed by atoms with Crippen molar-refractivity contribution >= 4 is 9.84 Å². The number of hydrogen-bond donors (Lipinski definition) is 1. The third-order valence-corrected chi connectivity index (χ3v) is 5.93. The summed E-state index contributed by atoms with van der Waals surface area (Å²) in [6.45, 7) is 4.71. The van der Waals surface area contributed by atoms with Crippen LogP contribution in [-0.2, 0) is 9.84 Å². The molecule has 0 radical (unpaired) electrons. The Bertz CT molecular complexity index is 510. The van der Waals surface area contributed by atoms with Crippen LogP contribution in [0.3, 0.4) is 0 Å². The molecule has 2 atom stereocenters. The molecule has 2 rings (SSSR count). The van der Waals surface area contributed by atoms with Crippen LogP contribution in [0, 0.1) is 6.92 Å². The van der Waals surface area contributed by atoms with Crippen LogP contribution in [0.1, 0.15) is 36.9 Å². The molecule has 1 fully saturated rings. The van der Waals surface area contributed by atoms with Gasteiger partial charge in [-0.3, -0.25) is 0 Å². The highest BCUT2D eigenvalue weighted by atomic mass is 32.2. The molecule has 0 spiro atoms. The Morgan fingerprint density at radius 3 is 2.83 bits per heavy atom. The predicted molar refractivity (Wildman–Crippen MR) is 74.4 cm³/mol. The zero-order valence-corrected chi connectivity index (χ0v) is 11.8. The lowest BCUT2D eigenvalue weighted by molar-refractivity contribution is 0.538. The molecule has 1 aromatic rings. The molecule has 18 heavy (non-hydrogen) atoms. The molecule has 0 bridgehead atoms. The summed E-state index contributed by atoms with van der Waals surface area (Å²) in [5.74, 6) is 0.359. The molecule has 3 nitrogen and oxygen atoms in total. The van der Waals surface area contributed by atoms with E-state index in [1.807, 2.05) is 6.07 Å². The molecule has 0 aliphatic carbocycles. The second kappa shape index (κ2) is 5.41. The Kier molecular flexibility index (Phi) is 4.07. The maximum Gasteiger partial charge on any atom is 0.154 e. The van der Waals surface area contributed by atoms with Crippen LogP contribution in [0.4, 0.5) is 0 Å². The van der Waals surface area contributed by atoms with Crippen LogP contribution in [0.25, 0.3) is 0 Å². The average Bonchev–Trinajstić information content (AvgIpc) is 2.65. The summed E-state index contributed by atoms with van der Waals surface area (Å²) in [5, 5.41) is 3.15. The van der Waals surface area contributed by atoms with Gasteiger partial charge in [0.15, 0.2) is 9.84 Å². The first kappa shape index (κ1) is 13.6. The highest BCUT2D eigenvalue weighted by molar-refractivity contribution is 7.92. The van der Waals surface area contributed by atoms with E-state index in [1.54, 1.807) is 0 Å². The molecular formula is C14H21NO2S. The van der Waals surface area contributed by atoms with Crippen molar-refractivity contribution in [2.75, 3.05) is 12.3 Å². The summed E-state index contributed by atoms with van der Waals surface area (Å²) in [7, 11) is -2.84. The number of hydrogen-bond acceptors (Lipinski definition) is 3. The molecule has 2 unspecified atom stereocenters. The maximum atomic E-state index is 11.7. The third kappa shape index (κ3) is 3.12. The van der Waals surface area contributed by atoms with E-state index in [0.717, 1.165) is 12.8 Å². The van der Waals surface area contributed by atoms with Crippen molar-refractivity contribution in [1.29, 1.82) is 0 Å². The number of benzene rings is 1. The van der Waals surface area contributed by atoms with Crippen LogP contribution in [-0.4, -0.2) is 26.0 Å². The lowest BCUT2D eigenvalue weighted by Gasteiger charge is -2.17. The second-order valence-corrected chi connectivity index (χ2v) is 7.58. The van der Waals surface area contributed by atoms with Crippen molar-refractivity contribution < 1.29 is 8.42 Å². The van der Waals surface area contributed by atoms with Crippen LogP contribution >= 0.6 is 0 Å². The monoisotopic (exact) mass is 267 g/mol. The van der Waals surface area contributed by atoms with Crippen LogP contribution in [0.2, 0.25) is 0 Å². The first-order chi connectivity index (χ1) is 8.49. The highest BCUT2D eigenvalue weighted by Crippen LogP contribution is 2.20. The van der Waals surface area contributed by atoms with Crippen molar-refractivity contribution in [2.45, 2.75) is 38.0 Å². The predicted octanol–water partition coefficient (Wildman–Crippen LogP) is 2.22.